The number of benzene rings is 8. The van der Waals surface area contributed by atoms with Gasteiger partial charge < -0.3 is 9.47 Å². The zero-order chi connectivity index (χ0) is 38.4. The van der Waals surface area contributed by atoms with Crippen molar-refractivity contribution in [3.8, 4) is 51.0 Å². The van der Waals surface area contributed by atoms with Crippen LogP contribution in [0.5, 0.6) is 0 Å². The molecule has 0 fully saturated rings. The van der Waals surface area contributed by atoms with E-state index in [1.54, 1.807) is 0 Å². The van der Waals surface area contributed by atoms with Crippen LogP contribution in [0.1, 0.15) is 11.1 Å². The Morgan fingerprint density at radius 2 is 0.845 bits per heavy atom. The van der Waals surface area contributed by atoms with Crippen LogP contribution in [0.4, 0.5) is 17.1 Å². The second-order valence-corrected chi connectivity index (χ2v) is 14.5. The molecule has 11 rings (SSSR count). The summed E-state index contributed by atoms with van der Waals surface area (Å²) in [7, 11) is 0. The fourth-order valence-electron chi connectivity index (χ4n) is 8.22. The fourth-order valence-corrected chi connectivity index (χ4v) is 8.22. The molecule has 3 heterocycles. The quantitative estimate of drug-likeness (QED) is 0.170. The first-order valence-corrected chi connectivity index (χ1v) is 19.5. The van der Waals surface area contributed by atoms with E-state index in [9.17, 15) is 0 Å². The second-order valence-electron chi connectivity index (χ2n) is 14.5. The molecular weight excluding hydrogens is 707 g/mol. The molecule has 10 aromatic rings. The highest BCUT2D eigenvalue weighted by Crippen LogP contribution is 2.45. The van der Waals surface area contributed by atoms with Crippen LogP contribution in [0.3, 0.4) is 0 Å². The van der Waals surface area contributed by atoms with E-state index in [4.69, 9.17) is 15.0 Å². The van der Waals surface area contributed by atoms with Crippen LogP contribution in [-0.2, 0) is 0 Å². The topological polar surface area (TPSA) is 46.8 Å². The van der Waals surface area contributed by atoms with Crippen LogP contribution in [0, 0.1) is 0 Å². The number of hydrogen-bond donors (Lipinski definition) is 0. The van der Waals surface area contributed by atoms with Gasteiger partial charge in [-0.3, -0.25) is 0 Å². The number of fused-ring (bicyclic) bond motifs is 5. The van der Waals surface area contributed by atoms with Crippen LogP contribution < -0.4 is 4.90 Å². The number of anilines is 3. The predicted molar refractivity (Wildman–Crippen MR) is 240 cm³/mol. The van der Waals surface area contributed by atoms with E-state index in [0.29, 0.717) is 17.5 Å². The summed E-state index contributed by atoms with van der Waals surface area (Å²) in [6.07, 6.45) is 4.50. The molecule has 0 radical (unpaired) electrons. The monoisotopic (exact) mass is 741 g/mol. The van der Waals surface area contributed by atoms with E-state index in [1.807, 2.05) is 60.7 Å². The third-order valence-electron chi connectivity index (χ3n) is 11.0. The summed E-state index contributed by atoms with van der Waals surface area (Å²) in [6.45, 7) is 0. The molecule has 0 bridgehead atoms. The van der Waals surface area contributed by atoms with Crippen LogP contribution in [-0.4, -0.2) is 19.5 Å². The summed E-state index contributed by atoms with van der Waals surface area (Å²) >= 11 is 0. The molecule has 0 saturated heterocycles. The maximum absolute atomic E-state index is 5.01. The molecule has 272 valence electrons. The smallest absolute Gasteiger partial charge is 0.164 e. The van der Waals surface area contributed by atoms with Gasteiger partial charge >= 0.3 is 0 Å². The number of rotatable bonds is 6. The molecule has 8 aromatic carbocycles. The SMILES string of the molecule is C1=Cc2cc3c(cc2N(c2ccccc2)c2ccccc21)c1ccccc1n3-c1cccc(-c2cccc(-c3nc(-c4ccccc4)nc(-c4ccccc4)n3)c2)c1. The molecule has 5 heteroatoms. The lowest BCUT2D eigenvalue weighted by atomic mass is 10.0. The van der Waals surface area contributed by atoms with Crippen LogP contribution in [0.2, 0.25) is 0 Å². The minimum Gasteiger partial charge on any atom is -0.309 e. The number of nitrogens with zero attached hydrogens (tertiary/aromatic N) is 5. The molecule has 2 aromatic heterocycles. The van der Waals surface area contributed by atoms with Gasteiger partial charge in [0.15, 0.2) is 17.5 Å². The Labute approximate surface area is 336 Å². The summed E-state index contributed by atoms with van der Waals surface area (Å²) in [5.74, 6) is 1.92. The lowest BCUT2D eigenvalue weighted by molar-refractivity contribution is 1.07. The number of aromatic nitrogens is 4. The van der Waals surface area contributed by atoms with Gasteiger partial charge in [-0.25, -0.2) is 15.0 Å². The van der Waals surface area contributed by atoms with Gasteiger partial charge in [-0.2, -0.15) is 0 Å². The van der Waals surface area contributed by atoms with E-state index < -0.39 is 0 Å². The summed E-state index contributed by atoms with van der Waals surface area (Å²) in [5.41, 5.74) is 14.2. The normalized spacial score (nSPS) is 12.0. The number of hydrogen-bond acceptors (Lipinski definition) is 4. The van der Waals surface area contributed by atoms with Crippen molar-refractivity contribution in [2.45, 2.75) is 0 Å². The highest BCUT2D eigenvalue weighted by molar-refractivity contribution is 6.12. The lowest BCUT2D eigenvalue weighted by Crippen LogP contribution is -2.11. The largest absolute Gasteiger partial charge is 0.309 e. The Morgan fingerprint density at radius 3 is 1.59 bits per heavy atom. The van der Waals surface area contributed by atoms with E-state index in [1.165, 1.54) is 16.3 Å². The summed E-state index contributed by atoms with van der Waals surface area (Å²) in [4.78, 5) is 17.3. The Hall–Kier alpha value is -7.89. The average Bonchev–Trinajstić information content (AvgIpc) is 3.53. The Balaban J connectivity index is 1.05. The molecule has 0 saturated carbocycles. The molecule has 0 aliphatic carbocycles. The number of para-hydroxylation sites is 3. The molecule has 1 aliphatic rings. The predicted octanol–water partition coefficient (Wildman–Crippen LogP) is 13.6. The molecule has 58 heavy (non-hydrogen) atoms. The van der Waals surface area contributed by atoms with Gasteiger partial charge in [0.05, 0.1) is 22.4 Å². The van der Waals surface area contributed by atoms with E-state index in [0.717, 1.165) is 67.2 Å². The molecular formula is C53H35N5. The standard InChI is InChI=1S/C53H35N5/c1-4-17-37(18-5-1)51-54-52(38-19-6-2-7-20-38)56-53(55-51)42-23-14-21-39(32-42)40-22-15-26-44(33-40)58-48-29-13-11-27-45(48)46-35-49-41(34-50(46)58)31-30-36-16-10-12-28-47(36)57(49)43-24-8-3-9-25-43/h1-35H. The van der Waals surface area contributed by atoms with Gasteiger partial charge in [-0.15, -0.1) is 0 Å². The summed E-state index contributed by atoms with van der Waals surface area (Å²) in [5, 5.41) is 2.41. The van der Waals surface area contributed by atoms with Gasteiger partial charge in [-0.05, 0) is 71.3 Å². The molecule has 0 N–H and O–H groups in total. The van der Waals surface area contributed by atoms with Crippen LogP contribution in [0.25, 0.3) is 84.9 Å². The van der Waals surface area contributed by atoms with Crippen LogP contribution >= 0.6 is 0 Å². The lowest BCUT2D eigenvalue weighted by Gasteiger charge is -2.27. The van der Waals surface area contributed by atoms with Crippen molar-refractivity contribution in [1.82, 2.24) is 19.5 Å². The van der Waals surface area contributed by atoms with Gasteiger partial charge in [-0.1, -0.05) is 158 Å². The van der Waals surface area contributed by atoms with Gasteiger partial charge in [0.25, 0.3) is 0 Å². The van der Waals surface area contributed by atoms with Crippen molar-refractivity contribution >= 4 is 51.0 Å². The molecule has 0 amide bonds. The van der Waals surface area contributed by atoms with Crippen molar-refractivity contribution in [2.24, 2.45) is 0 Å². The van der Waals surface area contributed by atoms with E-state index in [2.05, 4.69) is 161 Å². The average molecular weight is 742 g/mol. The minimum atomic E-state index is 0.633. The van der Waals surface area contributed by atoms with E-state index in [-0.39, 0.29) is 0 Å². The van der Waals surface area contributed by atoms with Crippen LogP contribution in [0.15, 0.2) is 200 Å². The Morgan fingerprint density at radius 1 is 0.310 bits per heavy atom. The molecule has 0 spiro atoms. The van der Waals surface area contributed by atoms with Crippen molar-refractivity contribution in [3.05, 3.63) is 211 Å². The van der Waals surface area contributed by atoms with Crippen molar-refractivity contribution < 1.29 is 0 Å². The Bertz CT molecular complexity index is 3110. The third-order valence-corrected chi connectivity index (χ3v) is 11.0. The minimum absolute atomic E-state index is 0.633. The van der Waals surface area contributed by atoms with E-state index >= 15 is 0 Å². The molecule has 0 atom stereocenters. The maximum atomic E-state index is 5.01. The summed E-state index contributed by atoms with van der Waals surface area (Å²) in [6, 6.07) is 70.3. The van der Waals surface area contributed by atoms with Crippen molar-refractivity contribution in [3.63, 3.8) is 0 Å². The highest BCUT2D eigenvalue weighted by Gasteiger charge is 2.23. The third kappa shape index (κ3) is 5.85. The zero-order valence-corrected chi connectivity index (χ0v) is 31.4. The maximum Gasteiger partial charge on any atom is 0.164 e. The fraction of sp³-hybridized carbons (Fsp3) is 0. The molecule has 5 nitrogen and oxygen atoms in total. The second kappa shape index (κ2) is 14.0. The first-order valence-electron chi connectivity index (χ1n) is 19.5. The molecule has 1 aliphatic heterocycles. The first kappa shape index (κ1) is 33.4. The zero-order valence-electron chi connectivity index (χ0n) is 31.4. The highest BCUT2D eigenvalue weighted by atomic mass is 15.1. The molecule has 0 unspecified atom stereocenters. The first-order chi connectivity index (χ1) is 28.7. The van der Waals surface area contributed by atoms with Gasteiger partial charge in [0.2, 0.25) is 0 Å². The van der Waals surface area contributed by atoms with Crippen molar-refractivity contribution in [1.29, 1.82) is 0 Å². The van der Waals surface area contributed by atoms with Gasteiger partial charge in [0, 0.05) is 44.4 Å². The Kier molecular flexibility index (Phi) is 8.07. The van der Waals surface area contributed by atoms with Gasteiger partial charge in [0.1, 0.15) is 0 Å². The van der Waals surface area contributed by atoms with Crippen molar-refractivity contribution in [2.75, 3.05) is 4.90 Å². The summed E-state index contributed by atoms with van der Waals surface area (Å²) < 4.78 is 2.40.